The van der Waals surface area contributed by atoms with Gasteiger partial charge in [-0.3, -0.25) is 4.79 Å². The molecule has 1 unspecified atom stereocenters. The van der Waals surface area contributed by atoms with E-state index in [1.54, 1.807) is 24.3 Å². The molecule has 0 aliphatic rings. The maximum atomic E-state index is 12.2. The molecule has 0 aliphatic carbocycles. The summed E-state index contributed by atoms with van der Waals surface area (Å²) in [5.74, 6) is -0.848. The van der Waals surface area contributed by atoms with Gasteiger partial charge in [0, 0.05) is 31.2 Å². The Bertz CT molecular complexity index is 738. The molecule has 28 heavy (non-hydrogen) atoms. The SMILES string of the molecule is Cl.NCc1ccc(C(=O)NCC(CO)Cc2ccc(OC(F)(F)F)cc2)cc1. The van der Waals surface area contributed by atoms with E-state index in [9.17, 15) is 23.1 Å². The van der Waals surface area contributed by atoms with Crippen molar-refractivity contribution in [2.75, 3.05) is 13.2 Å². The van der Waals surface area contributed by atoms with Crippen molar-refractivity contribution in [2.24, 2.45) is 11.7 Å². The van der Waals surface area contributed by atoms with Crippen molar-refractivity contribution in [2.45, 2.75) is 19.3 Å². The summed E-state index contributed by atoms with van der Waals surface area (Å²) >= 11 is 0. The third-order valence-electron chi connectivity index (χ3n) is 3.94. The Kier molecular flexibility index (Phi) is 9.24. The molecule has 1 atom stereocenters. The van der Waals surface area contributed by atoms with Crippen LogP contribution in [0.15, 0.2) is 48.5 Å². The Labute approximate surface area is 167 Å². The monoisotopic (exact) mass is 418 g/mol. The number of aliphatic hydroxyl groups excluding tert-OH is 1. The Balaban J connectivity index is 0.00000392. The molecular weight excluding hydrogens is 397 g/mol. The number of nitrogens with one attached hydrogen (secondary N) is 1. The van der Waals surface area contributed by atoms with Crippen molar-refractivity contribution in [3.8, 4) is 5.75 Å². The number of ether oxygens (including phenoxy) is 1. The van der Waals surface area contributed by atoms with Crippen LogP contribution in [0.1, 0.15) is 21.5 Å². The standard InChI is InChI=1S/C19H21F3N2O3.ClH/c20-19(21,22)27-17-7-3-13(4-8-17)9-15(12-25)11-24-18(26)16-5-1-14(10-23)2-6-16;/h1-8,15,25H,9-12,23H2,(H,24,26);1H. The maximum Gasteiger partial charge on any atom is 0.573 e. The molecule has 0 spiro atoms. The molecule has 0 fully saturated rings. The van der Waals surface area contributed by atoms with Crippen LogP contribution < -0.4 is 15.8 Å². The van der Waals surface area contributed by atoms with E-state index in [-0.39, 0.29) is 43.1 Å². The van der Waals surface area contributed by atoms with Gasteiger partial charge in [-0.25, -0.2) is 0 Å². The number of carbonyl (C=O) groups excluding carboxylic acids is 1. The second kappa shape index (κ2) is 10.9. The average molecular weight is 419 g/mol. The summed E-state index contributed by atoms with van der Waals surface area (Å²) in [4.78, 5) is 12.1. The zero-order valence-corrected chi connectivity index (χ0v) is 15.7. The van der Waals surface area contributed by atoms with Gasteiger partial charge in [0.2, 0.25) is 0 Å². The van der Waals surface area contributed by atoms with E-state index in [1.165, 1.54) is 24.3 Å². The molecule has 4 N–H and O–H groups in total. The number of benzene rings is 2. The molecule has 0 bridgehead atoms. The molecule has 0 radical (unpaired) electrons. The van der Waals surface area contributed by atoms with E-state index in [4.69, 9.17) is 5.73 Å². The molecule has 154 valence electrons. The number of hydrogen-bond acceptors (Lipinski definition) is 4. The van der Waals surface area contributed by atoms with E-state index in [1.807, 2.05) is 0 Å². The minimum absolute atomic E-state index is 0. The van der Waals surface area contributed by atoms with Crippen molar-refractivity contribution in [1.29, 1.82) is 0 Å². The van der Waals surface area contributed by atoms with Gasteiger partial charge in [0.05, 0.1) is 0 Å². The predicted octanol–water partition coefficient (Wildman–Crippen LogP) is 3.05. The number of carbonyl (C=O) groups is 1. The Hall–Kier alpha value is -2.29. The fourth-order valence-corrected chi connectivity index (χ4v) is 2.49. The van der Waals surface area contributed by atoms with Crippen molar-refractivity contribution >= 4 is 18.3 Å². The summed E-state index contributed by atoms with van der Waals surface area (Å²) < 4.78 is 40.3. The van der Waals surface area contributed by atoms with Crippen LogP contribution in [0.4, 0.5) is 13.2 Å². The Morgan fingerprint density at radius 3 is 2.14 bits per heavy atom. The van der Waals surface area contributed by atoms with E-state index in [2.05, 4.69) is 10.1 Å². The number of aliphatic hydroxyl groups is 1. The topological polar surface area (TPSA) is 84.6 Å². The van der Waals surface area contributed by atoms with Crippen LogP contribution in [-0.2, 0) is 13.0 Å². The molecule has 0 aliphatic heterocycles. The minimum atomic E-state index is -4.73. The van der Waals surface area contributed by atoms with Crippen LogP contribution in [0.3, 0.4) is 0 Å². The third kappa shape index (κ3) is 7.75. The zero-order valence-electron chi connectivity index (χ0n) is 14.9. The summed E-state index contributed by atoms with van der Waals surface area (Å²) in [6.45, 7) is 0.448. The molecule has 0 aromatic heterocycles. The first-order valence-corrected chi connectivity index (χ1v) is 8.33. The van der Waals surface area contributed by atoms with Crippen molar-refractivity contribution < 1.29 is 27.8 Å². The number of alkyl halides is 3. The normalized spacial score (nSPS) is 12.0. The first-order chi connectivity index (χ1) is 12.8. The fourth-order valence-electron chi connectivity index (χ4n) is 2.49. The molecule has 2 aromatic rings. The average Bonchev–Trinajstić information content (AvgIpc) is 2.65. The van der Waals surface area contributed by atoms with Crippen LogP contribution in [0, 0.1) is 5.92 Å². The highest BCUT2D eigenvalue weighted by molar-refractivity contribution is 5.94. The van der Waals surface area contributed by atoms with Gasteiger partial charge < -0.3 is 20.9 Å². The Morgan fingerprint density at radius 2 is 1.64 bits per heavy atom. The van der Waals surface area contributed by atoms with Gasteiger partial charge in [-0.15, -0.1) is 25.6 Å². The van der Waals surface area contributed by atoms with Crippen LogP contribution in [0.25, 0.3) is 0 Å². The predicted molar refractivity (Wildman–Crippen MR) is 101 cm³/mol. The van der Waals surface area contributed by atoms with Gasteiger partial charge in [0.25, 0.3) is 5.91 Å². The lowest BCUT2D eigenvalue weighted by Gasteiger charge is -2.16. The molecule has 2 aromatic carbocycles. The van der Waals surface area contributed by atoms with Crippen LogP contribution in [0.2, 0.25) is 0 Å². The summed E-state index contributed by atoms with van der Waals surface area (Å²) in [7, 11) is 0. The van der Waals surface area contributed by atoms with Gasteiger partial charge in [0.15, 0.2) is 0 Å². The molecule has 0 saturated carbocycles. The maximum absolute atomic E-state index is 12.2. The van der Waals surface area contributed by atoms with Crippen molar-refractivity contribution in [1.82, 2.24) is 5.32 Å². The Morgan fingerprint density at radius 1 is 1.07 bits per heavy atom. The molecule has 9 heteroatoms. The quantitative estimate of drug-likeness (QED) is 0.615. The van der Waals surface area contributed by atoms with Crippen molar-refractivity contribution in [3.05, 3.63) is 65.2 Å². The van der Waals surface area contributed by atoms with E-state index in [0.29, 0.717) is 18.5 Å². The lowest BCUT2D eigenvalue weighted by molar-refractivity contribution is -0.274. The number of halogens is 4. The lowest BCUT2D eigenvalue weighted by Crippen LogP contribution is -2.31. The first kappa shape index (κ1) is 23.7. The van der Waals surface area contributed by atoms with E-state index in [0.717, 1.165) is 11.1 Å². The first-order valence-electron chi connectivity index (χ1n) is 8.33. The van der Waals surface area contributed by atoms with Gasteiger partial charge in [-0.05, 0) is 41.8 Å². The zero-order chi connectivity index (χ0) is 19.9. The fraction of sp³-hybridized carbons (Fsp3) is 0.316. The largest absolute Gasteiger partial charge is 0.573 e. The summed E-state index contributed by atoms with van der Waals surface area (Å²) in [5, 5.41) is 12.3. The highest BCUT2D eigenvalue weighted by atomic mass is 35.5. The summed E-state index contributed by atoms with van der Waals surface area (Å²) in [6.07, 6.45) is -4.34. The van der Waals surface area contributed by atoms with Crippen LogP contribution in [0.5, 0.6) is 5.75 Å². The number of nitrogens with two attached hydrogens (primary N) is 1. The summed E-state index contributed by atoms with van der Waals surface area (Å²) in [6, 6.07) is 12.3. The van der Waals surface area contributed by atoms with Crippen LogP contribution in [-0.4, -0.2) is 30.5 Å². The number of rotatable bonds is 8. The molecule has 5 nitrogen and oxygen atoms in total. The molecule has 0 saturated heterocycles. The lowest BCUT2D eigenvalue weighted by atomic mass is 9.99. The highest BCUT2D eigenvalue weighted by Gasteiger charge is 2.30. The minimum Gasteiger partial charge on any atom is -0.406 e. The third-order valence-corrected chi connectivity index (χ3v) is 3.94. The van der Waals surface area contributed by atoms with Gasteiger partial charge >= 0.3 is 6.36 Å². The van der Waals surface area contributed by atoms with Crippen LogP contribution >= 0.6 is 12.4 Å². The molecular formula is C19H22ClF3N2O3. The second-order valence-corrected chi connectivity index (χ2v) is 6.06. The van der Waals surface area contributed by atoms with Gasteiger partial charge in [-0.1, -0.05) is 24.3 Å². The molecule has 0 heterocycles. The van der Waals surface area contributed by atoms with Crippen molar-refractivity contribution in [3.63, 3.8) is 0 Å². The molecule has 1 amide bonds. The van der Waals surface area contributed by atoms with E-state index >= 15 is 0 Å². The van der Waals surface area contributed by atoms with Gasteiger partial charge in [-0.2, -0.15) is 0 Å². The summed E-state index contributed by atoms with van der Waals surface area (Å²) in [5.41, 5.74) is 7.64. The number of hydrogen-bond donors (Lipinski definition) is 3. The highest BCUT2D eigenvalue weighted by Crippen LogP contribution is 2.23. The van der Waals surface area contributed by atoms with E-state index < -0.39 is 6.36 Å². The molecule has 2 rings (SSSR count). The second-order valence-electron chi connectivity index (χ2n) is 6.06. The van der Waals surface area contributed by atoms with Gasteiger partial charge in [0.1, 0.15) is 5.75 Å². The smallest absolute Gasteiger partial charge is 0.406 e. The number of amides is 1.